The number of ketones is 1. The van der Waals surface area contributed by atoms with Crippen LogP contribution in [0.4, 0.5) is 10.1 Å². The molecule has 22 heavy (non-hydrogen) atoms. The lowest BCUT2D eigenvalue weighted by Gasteiger charge is -2.36. The van der Waals surface area contributed by atoms with Gasteiger partial charge in [0.25, 0.3) is 0 Å². The Kier molecular flexibility index (Phi) is 5.52. The minimum absolute atomic E-state index is 0.142. The smallest absolute Gasteiger partial charge is 0.222 e. The molecule has 0 N–H and O–H groups in total. The maximum atomic E-state index is 14.1. The molecule has 1 aliphatic heterocycles. The van der Waals surface area contributed by atoms with Crippen LogP contribution < -0.4 is 4.90 Å². The largest absolute Gasteiger partial charge is 0.366 e. The summed E-state index contributed by atoms with van der Waals surface area (Å²) in [5, 5.41) is 0. The Morgan fingerprint density at radius 2 is 1.86 bits per heavy atom. The monoisotopic (exact) mass is 306 g/mol. The van der Waals surface area contributed by atoms with E-state index in [9.17, 15) is 14.0 Å². The van der Waals surface area contributed by atoms with Gasteiger partial charge in [-0.1, -0.05) is 13.3 Å². The van der Waals surface area contributed by atoms with E-state index in [0.29, 0.717) is 43.9 Å². The number of benzene rings is 1. The maximum absolute atomic E-state index is 14.1. The molecule has 1 aromatic carbocycles. The fraction of sp³-hybridized carbons (Fsp3) is 0.529. The molecule has 1 aliphatic rings. The number of anilines is 1. The molecule has 0 spiro atoms. The number of carbonyl (C=O) groups excluding carboxylic acids is 2. The zero-order valence-corrected chi connectivity index (χ0v) is 13.3. The van der Waals surface area contributed by atoms with Gasteiger partial charge in [0.15, 0.2) is 5.78 Å². The minimum atomic E-state index is -0.376. The van der Waals surface area contributed by atoms with Gasteiger partial charge in [0.2, 0.25) is 5.91 Å². The van der Waals surface area contributed by atoms with Gasteiger partial charge < -0.3 is 9.80 Å². The second-order valence-corrected chi connectivity index (χ2v) is 5.69. The number of unbranched alkanes of at least 4 members (excludes halogenated alkanes) is 1. The SMILES string of the molecule is CCCCC(=O)N1CCN(c2ccc(C(C)=O)cc2F)CC1. The number of carbonyl (C=O) groups is 2. The third-order valence-corrected chi connectivity index (χ3v) is 4.07. The van der Waals surface area contributed by atoms with E-state index in [4.69, 9.17) is 0 Å². The van der Waals surface area contributed by atoms with Gasteiger partial charge in [0, 0.05) is 38.2 Å². The quantitative estimate of drug-likeness (QED) is 0.785. The third-order valence-electron chi connectivity index (χ3n) is 4.07. The maximum Gasteiger partial charge on any atom is 0.222 e. The zero-order valence-electron chi connectivity index (χ0n) is 13.3. The minimum Gasteiger partial charge on any atom is -0.366 e. The number of Topliss-reactive ketones (excluding diaryl/α,β-unsaturated/α-hetero) is 1. The first-order chi connectivity index (χ1) is 10.5. The van der Waals surface area contributed by atoms with Gasteiger partial charge in [0.05, 0.1) is 5.69 Å². The van der Waals surface area contributed by atoms with Gasteiger partial charge in [-0.3, -0.25) is 9.59 Å². The summed E-state index contributed by atoms with van der Waals surface area (Å²) >= 11 is 0. The molecule has 0 aliphatic carbocycles. The van der Waals surface area contributed by atoms with Crippen molar-refractivity contribution < 1.29 is 14.0 Å². The van der Waals surface area contributed by atoms with Crippen LogP contribution in [0.1, 0.15) is 43.5 Å². The number of nitrogens with zero attached hydrogens (tertiary/aromatic N) is 2. The standard InChI is InChI=1S/C17H23FN2O2/c1-3-4-5-17(22)20-10-8-19(9-11-20)16-7-6-14(13(2)21)12-15(16)18/h6-7,12H,3-5,8-11H2,1-2H3. The molecule has 0 bridgehead atoms. The number of hydrogen-bond acceptors (Lipinski definition) is 3. The van der Waals surface area contributed by atoms with Crippen molar-refractivity contribution in [2.75, 3.05) is 31.1 Å². The zero-order chi connectivity index (χ0) is 16.1. The summed E-state index contributed by atoms with van der Waals surface area (Å²) in [5.74, 6) is -0.329. The van der Waals surface area contributed by atoms with Crippen molar-refractivity contribution in [3.63, 3.8) is 0 Å². The highest BCUT2D eigenvalue weighted by molar-refractivity contribution is 5.94. The summed E-state index contributed by atoms with van der Waals surface area (Å²) in [4.78, 5) is 27.0. The lowest BCUT2D eigenvalue weighted by molar-refractivity contribution is -0.131. The van der Waals surface area contributed by atoms with E-state index >= 15 is 0 Å². The number of halogens is 1. The van der Waals surface area contributed by atoms with E-state index < -0.39 is 0 Å². The summed E-state index contributed by atoms with van der Waals surface area (Å²) in [6.45, 7) is 5.98. The van der Waals surface area contributed by atoms with Crippen molar-refractivity contribution in [3.8, 4) is 0 Å². The van der Waals surface area contributed by atoms with Crippen molar-refractivity contribution in [2.24, 2.45) is 0 Å². The van der Waals surface area contributed by atoms with Gasteiger partial charge in [-0.15, -0.1) is 0 Å². The average Bonchev–Trinajstić information content (AvgIpc) is 2.52. The molecule has 0 unspecified atom stereocenters. The van der Waals surface area contributed by atoms with Crippen molar-refractivity contribution in [2.45, 2.75) is 33.1 Å². The van der Waals surface area contributed by atoms with Gasteiger partial charge >= 0.3 is 0 Å². The number of piperazine rings is 1. The van der Waals surface area contributed by atoms with E-state index in [0.717, 1.165) is 12.8 Å². The van der Waals surface area contributed by atoms with Crippen molar-refractivity contribution >= 4 is 17.4 Å². The fourth-order valence-corrected chi connectivity index (χ4v) is 2.67. The Balaban J connectivity index is 1.97. The van der Waals surface area contributed by atoms with Crippen LogP contribution in [0.15, 0.2) is 18.2 Å². The van der Waals surface area contributed by atoms with Gasteiger partial charge in [-0.25, -0.2) is 4.39 Å². The molecule has 0 radical (unpaired) electrons. The van der Waals surface area contributed by atoms with E-state index in [1.54, 1.807) is 12.1 Å². The lowest BCUT2D eigenvalue weighted by atomic mass is 10.1. The first-order valence-electron chi connectivity index (χ1n) is 7.86. The third kappa shape index (κ3) is 3.84. The molecule has 1 amide bonds. The summed E-state index contributed by atoms with van der Waals surface area (Å²) < 4.78 is 14.1. The van der Waals surface area contributed by atoms with E-state index in [2.05, 4.69) is 6.92 Å². The average molecular weight is 306 g/mol. The molecular formula is C17H23FN2O2. The Labute approximate surface area is 130 Å². The van der Waals surface area contributed by atoms with E-state index in [1.807, 2.05) is 9.80 Å². The molecule has 5 heteroatoms. The summed E-state index contributed by atoms with van der Waals surface area (Å²) in [5.41, 5.74) is 0.889. The molecule has 1 heterocycles. The Hall–Kier alpha value is -1.91. The molecular weight excluding hydrogens is 283 g/mol. The van der Waals surface area contributed by atoms with Crippen LogP contribution in [0.3, 0.4) is 0 Å². The highest BCUT2D eigenvalue weighted by Crippen LogP contribution is 2.22. The molecule has 0 aromatic heterocycles. The Bertz CT molecular complexity index is 552. The van der Waals surface area contributed by atoms with E-state index in [1.165, 1.54) is 13.0 Å². The van der Waals surface area contributed by atoms with Gasteiger partial charge in [-0.05, 0) is 31.5 Å². The first-order valence-corrected chi connectivity index (χ1v) is 7.86. The number of rotatable bonds is 5. The van der Waals surface area contributed by atoms with Crippen molar-refractivity contribution in [3.05, 3.63) is 29.6 Å². The summed E-state index contributed by atoms with van der Waals surface area (Å²) in [6, 6.07) is 4.59. The first kappa shape index (κ1) is 16.5. The summed E-state index contributed by atoms with van der Waals surface area (Å²) in [6.07, 6.45) is 2.53. The topological polar surface area (TPSA) is 40.6 Å². The van der Waals surface area contributed by atoms with Gasteiger partial charge in [0.1, 0.15) is 5.82 Å². The normalized spacial score (nSPS) is 15.0. The molecule has 2 rings (SSSR count). The second-order valence-electron chi connectivity index (χ2n) is 5.69. The molecule has 1 aromatic rings. The Morgan fingerprint density at radius 1 is 1.18 bits per heavy atom. The molecule has 0 saturated carbocycles. The van der Waals surface area contributed by atoms with Crippen LogP contribution in [0, 0.1) is 5.82 Å². The summed E-state index contributed by atoms with van der Waals surface area (Å²) in [7, 11) is 0. The second kappa shape index (κ2) is 7.38. The van der Waals surface area contributed by atoms with Crippen LogP contribution in [-0.4, -0.2) is 42.8 Å². The molecule has 0 atom stereocenters. The predicted octanol–water partition coefficient (Wildman–Crippen LogP) is 2.87. The van der Waals surface area contributed by atoms with E-state index in [-0.39, 0.29) is 17.5 Å². The van der Waals surface area contributed by atoms with Crippen molar-refractivity contribution in [1.82, 2.24) is 4.90 Å². The molecule has 1 saturated heterocycles. The highest BCUT2D eigenvalue weighted by Gasteiger charge is 2.22. The highest BCUT2D eigenvalue weighted by atomic mass is 19.1. The van der Waals surface area contributed by atoms with Crippen LogP contribution in [-0.2, 0) is 4.79 Å². The lowest BCUT2D eigenvalue weighted by Crippen LogP contribution is -2.49. The van der Waals surface area contributed by atoms with Crippen molar-refractivity contribution in [1.29, 1.82) is 0 Å². The van der Waals surface area contributed by atoms with Crippen LogP contribution >= 0.6 is 0 Å². The fourth-order valence-electron chi connectivity index (χ4n) is 2.67. The van der Waals surface area contributed by atoms with Crippen LogP contribution in [0.5, 0.6) is 0 Å². The number of hydrogen-bond donors (Lipinski definition) is 0. The molecule has 120 valence electrons. The number of amides is 1. The predicted molar refractivity (Wildman–Crippen MR) is 84.7 cm³/mol. The molecule has 1 fully saturated rings. The van der Waals surface area contributed by atoms with Crippen LogP contribution in [0.25, 0.3) is 0 Å². The van der Waals surface area contributed by atoms with Gasteiger partial charge in [-0.2, -0.15) is 0 Å². The Morgan fingerprint density at radius 3 is 2.41 bits per heavy atom. The molecule has 4 nitrogen and oxygen atoms in total. The van der Waals surface area contributed by atoms with Crippen LogP contribution in [0.2, 0.25) is 0 Å².